The zero-order valence-electron chi connectivity index (χ0n) is 13.5. The second kappa shape index (κ2) is 8.03. The predicted molar refractivity (Wildman–Crippen MR) is 84.4 cm³/mol. The molecule has 1 atom stereocenters. The quantitative estimate of drug-likeness (QED) is 0.774. The molecule has 0 saturated carbocycles. The zero-order valence-corrected chi connectivity index (χ0v) is 13.5. The molecular formula is C17H27NO3. The molecular weight excluding hydrogens is 266 g/mol. The molecule has 0 aliphatic heterocycles. The van der Waals surface area contributed by atoms with Crippen molar-refractivity contribution in [1.82, 2.24) is 5.32 Å². The average molecular weight is 293 g/mol. The maximum atomic E-state index is 11.7. The van der Waals surface area contributed by atoms with E-state index in [0.717, 1.165) is 5.75 Å². The van der Waals surface area contributed by atoms with Crippen molar-refractivity contribution in [3.05, 3.63) is 29.8 Å². The van der Waals surface area contributed by atoms with Gasteiger partial charge < -0.3 is 15.2 Å². The molecule has 1 amide bonds. The minimum atomic E-state index is -0.859. The van der Waals surface area contributed by atoms with Crippen LogP contribution in [0.25, 0.3) is 0 Å². The van der Waals surface area contributed by atoms with Gasteiger partial charge in [0, 0.05) is 6.54 Å². The number of nitrogens with one attached hydrogen (secondary N) is 1. The van der Waals surface area contributed by atoms with Crippen LogP contribution in [0, 0.1) is 12.8 Å². The zero-order chi connectivity index (χ0) is 15.9. The van der Waals surface area contributed by atoms with Crippen molar-refractivity contribution in [3.63, 3.8) is 0 Å². The summed E-state index contributed by atoms with van der Waals surface area (Å²) in [6, 6.07) is 7.72. The summed E-state index contributed by atoms with van der Waals surface area (Å²) in [5.74, 6) is 1.05. The fourth-order valence-corrected chi connectivity index (χ4v) is 2.23. The minimum Gasteiger partial charge on any atom is -0.493 e. The summed E-state index contributed by atoms with van der Waals surface area (Å²) in [4.78, 5) is 11.7. The maximum absolute atomic E-state index is 11.7. The van der Waals surface area contributed by atoms with Crippen LogP contribution in [0.2, 0.25) is 0 Å². The summed E-state index contributed by atoms with van der Waals surface area (Å²) in [6.45, 7) is 8.46. The molecule has 1 unspecified atom stereocenters. The van der Waals surface area contributed by atoms with Gasteiger partial charge in [0.2, 0.25) is 5.91 Å². The van der Waals surface area contributed by atoms with Gasteiger partial charge in [0.05, 0.1) is 18.6 Å². The highest BCUT2D eigenvalue weighted by Crippen LogP contribution is 2.15. The van der Waals surface area contributed by atoms with Gasteiger partial charge in [0.25, 0.3) is 0 Å². The van der Waals surface area contributed by atoms with Gasteiger partial charge in [-0.05, 0) is 38.3 Å². The molecule has 4 heteroatoms. The summed E-state index contributed by atoms with van der Waals surface area (Å²) in [7, 11) is 0. The molecule has 4 nitrogen and oxygen atoms in total. The van der Waals surface area contributed by atoms with Gasteiger partial charge in [-0.1, -0.05) is 31.5 Å². The highest BCUT2D eigenvalue weighted by atomic mass is 16.5. The van der Waals surface area contributed by atoms with Crippen LogP contribution in [0.1, 0.15) is 39.2 Å². The SMILES string of the molecule is Cc1ccc(OCCC(=O)NCC(C)(O)CC(C)C)cc1. The highest BCUT2D eigenvalue weighted by molar-refractivity contribution is 5.76. The maximum Gasteiger partial charge on any atom is 0.223 e. The van der Waals surface area contributed by atoms with Gasteiger partial charge in [0.15, 0.2) is 0 Å². The number of benzene rings is 1. The number of carbonyl (C=O) groups is 1. The fourth-order valence-electron chi connectivity index (χ4n) is 2.23. The normalized spacial score (nSPS) is 13.8. The average Bonchev–Trinajstić information content (AvgIpc) is 2.37. The molecule has 21 heavy (non-hydrogen) atoms. The van der Waals surface area contributed by atoms with E-state index in [1.54, 1.807) is 6.92 Å². The number of aryl methyl sites for hydroxylation is 1. The van der Waals surface area contributed by atoms with Crippen molar-refractivity contribution < 1.29 is 14.6 Å². The largest absolute Gasteiger partial charge is 0.493 e. The van der Waals surface area contributed by atoms with Gasteiger partial charge in [-0.2, -0.15) is 0 Å². The van der Waals surface area contributed by atoms with Gasteiger partial charge in [-0.15, -0.1) is 0 Å². The standard InChI is InChI=1S/C17H27NO3/c1-13(2)11-17(4,20)12-18-16(19)9-10-21-15-7-5-14(3)6-8-15/h5-8,13,20H,9-12H2,1-4H3,(H,18,19). The number of hydrogen-bond donors (Lipinski definition) is 2. The highest BCUT2D eigenvalue weighted by Gasteiger charge is 2.22. The monoisotopic (exact) mass is 293 g/mol. The molecule has 0 heterocycles. The molecule has 0 aliphatic carbocycles. The molecule has 1 rings (SSSR count). The molecule has 0 spiro atoms. The topological polar surface area (TPSA) is 58.6 Å². The third-order valence-electron chi connectivity index (χ3n) is 3.13. The Labute approximate surface area is 127 Å². The smallest absolute Gasteiger partial charge is 0.223 e. The van der Waals surface area contributed by atoms with Crippen molar-refractivity contribution >= 4 is 5.91 Å². The van der Waals surface area contributed by atoms with E-state index in [-0.39, 0.29) is 18.9 Å². The Morgan fingerprint density at radius 1 is 1.33 bits per heavy atom. The summed E-state index contributed by atoms with van der Waals surface area (Å²) in [5, 5.41) is 12.9. The number of rotatable bonds is 8. The van der Waals surface area contributed by atoms with Crippen molar-refractivity contribution in [3.8, 4) is 5.75 Å². The van der Waals surface area contributed by atoms with Crippen molar-refractivity contribution in [2.75, 3.05) is 13.2 Å². The van der Waals surface area contributed by atoms with Crippen molar-refractivity contribution in [2.24, 2.45) is 5.92 Å². The molecule has 0 fully saturated rings. The van der Waals surface area contributed by atoms with Crippen LogP contribution in [0.4, 0.5) is 0 Å². The van der Waals surface area contributed by atoms with E-state index in [1.165, 1.54) is 5.56 Å². The Morgan fingerprint density at radius 3 is 2.52 bits per heavy atom. The Morgan fingerprint density at radius 2 is 1.95 bits per heavy atom. The van der Waals surface area contributed by atoms with E-state index in [4.69, 9.17) is 4.74 Å². The predicted octanol–water partition coefficient (Wildman–Crippen LogP) is 2.68. The van der Waals surface area contributed by atoms with Crippen LogP contribution in [0.5, 0.6) is 5.75 Å². The fraction of sp³-hybridized carbons (Fsp3) is 0.588. The first-order valence-electron chi connectivity index (χ1n) is 7.47. The molecule has 0 radical (unpaired) electrons. The number of carbonyl (C=O) groups excluding carboxylic acids is 1. The molecule has 0 bridgehead atoms. The van der Waals surface area contributed by atoms with E-state index in [2.05, 4.69) is 5.32 Å². The lowest BCUT2D eigenvalue weighted by molar-refractivity contribution is -0.122. The Kier molecular flexibility index (Phi) is 6.69. The first-order chi connectivity index (χ1) is 9.78. The van der Waals surface area contributed by atoms with E-state index < -0.39 is 5.60 Å². The van der Waals surface area contributed by atoms with Gasteiger partial charge >= 0.3 is 0 Å². The lowest BCUT2D eigenvalue weighted by Gasteiger charge is -2.25. The van der Waals surface area contributed by atoms with Crippen LogP contribution in [-0.4, -0.2) is 29.8 Å². The van der Waals surface area contributed by atoms with Crippen molar-refractivity contribution in [2.45, 2.75) is 46.1 Å². The van der Waals surface area contributed by atoms with Gasteiger partial charge in [-0.3, -0.25) is 4.79 Å². The number of amides is 1. The van der Waals surface area contributed by atoms with Crippen LogP contribution in [0.3, 0.4) is 0 Å². The Hall–Kier alpha value is -1.55. The second-order valence-electron chi connectivity index (χ2n) is 6.28. The number of aliphatic hydroxyl groups is 1. The van der Waals surface area contributed by atoms with Gasteiger partial charge in [0.1, 0.15) is 5.75 Å². The third kappa shape index (κ3) is 7.71. The van der Waals surface area contributed by atoms with Crippen LogP contribution in [-0.2, 0) is 4.79 Å². The molecule has 1 aromatic carbocycles. The summed E-state index contributed by atoms with van der Waals surface area (Å²) >= 11 is 0. The van der Waals surface area contributed by atoms with E-state index in [1.807, 2.05) is 45.0 Å². The molecule has 118 valence electrons. The summed E-state index contributed by atoms with van der Waals surface area (Å²) in [5.41, 5.74) is 0.314. The summed E-state index contributed by atoms with van der Waals surface area (Å²) < 4.78 is 5.50. The minimum absolute atomic E-state index is 0.105. The molecule has 0 saturated heterocycles. The lowest BCUT2D eigenvalue weighted by Crippen LogP contribution is -2.41. The van der Waals surface area contributed by atoms with Crippen LogP contribution < -0.4 is 10.1 Å². The first kappa shape index (κ1) is 17.5. The van der Waals surface area contributed by atoms with E-state index >= 15 is 0 Å². The molecule has 1 aromatic rings. The van der Waals surface area contributed by atoms with Crippen molar-refractivity contribution in [1.29, 1.82) is 0 Å². The van der Waals surface area contributed by atoms with Crippen LogP contribution in [0.15, 0.2) is 24.3 Å². The van der Waals surface area contributed by atoms with E-state index in [9.17, 15) is 9.90 Å². The first-order valence-corrected chi connectivity index (χ1v) is 7.47. The van der Waals surface area contributed by atoms with E-state index in [0.29, 0.717) is 18.9 Å². The lowest BCUT2D eigenvalue weighted by atomic mass is 9.94. The Balaban J connectivity index is 2.23. The second-order valence-corrected chi connectivity index (χ2v) is 6.28. The number of ether oxygens (including phenoxy) is 1. The molecule has 0 aliphatic rings. The third-order valence-corrected chi connectivity index (χ3v) is 3.13. The van der Waals surface area contributed by atoms with Gasteiger partial charge in [-0.25, -0.2) is 0 Å². The Bertz CT molecular complexity index is 438. The number of hydrogen-bond acceptors (Lipinski definition) is 3. The molecule has 0 aromatic heterocycles. The summed E-state index contributed by atoms with van der Waals surface area (Å²) in [6.07, 6.45) is 0.943. The molecule has 2 N–H and O–H groups in total. The van der Waals surface area contributed by atoms with Crippen LogP contribution >= 0.6 is 0 Å².